The van der Waals surface area contributed by atoms with Crippen molar-refractivity contribution in [1.29, 1.82) is 0 Å². The number of thioether (sulfide) groups is 1. The van der Waals surface area contributed by atoms with E-state index in [1.165, 1.54) is 0 Å². The van der Waals surface area contributed by atoms with E-state index >= 15 is 0 Å². The summed E-state index contributed by atoms with van der Waals surface area (Å²) in [6, 6.07) is 3.16. The molecule has 0 N–H and O–H groups in total. The number of halogens is 4. The number of benzene rings is 1. The van der Waals surface area contributed by atoms with E-state index in [1.54, 1.807) is 0 Å². The summed E-state index contributed by atoms with van der Waals surface area (Å²) in [5.41, 5.74) is -5.04. The van der Waals surface area contributed by atoms with Crippen LogP contribution in [-0.4, -0.2) is 11.3 Å². The molecule has 0 unspecified atom stereocenters. The summed E-state index contributed by atoms with van der Waals surface area (Å²) in [5, 5.41) is 0. The zero-order valence-electron chi connectivity index (χ0n) is 7.56. The maximum absolute atomic E-state index is 13.1. The fourth-order valence-corrected chi connectivity index (χ4v) is 1.80. The molecule has 1 rings (SSSR count). The zero-order valence-corrected chi connectivity index (χ0v) is 8.38. The van der Waals surface area contributed by atoms with Crippen LogP contribution < -0.4 is 0 Å². The van der Waals surface area contributed by atoms with Crippen LogP contribution in [0, 0.1) is 5.82 Å². The Kier molecular flexibility index (Phi) is 3.38. The average Bonchev–Trinajstić information content (AvgIpc) is 1.99. The molecule has 1 nitrogen and oxygen atoms in total. The van der Waals surface area contributed by atoms with Gasteiger partial charge in [0.15, 0.2) is 5.78 Å². The van der Waals surface area contributed by atoms with E-state index in [1.807, 2.05) is 0 Å². The van der Waals surface area contributed by atoms with Gasteiger partial charge in [-0.15, -0.1) is 0 Å². The van der Waals surface area contributed by atoms with Gasteiger partial charge in [-0.05, 0) is 30.8 Å². The second-order valence-electron chi connectivity index (χ2n) is 2.72. The molecule has 0 fully saturated rings. The van der Waals surface area contributed by atoms with E-state index in [4.69, 9.17) is 0 Å². The molecule has 0 saturated heterocycles. The van der Waals surface area contributed by atoms with Crippen LogP contribution in [0.4, 0.5) is 17.6 Å². The molecule has 1 aromatic rings. The van der Waals surface area contributed by atoms with Gasteiger partial charge in [-0.2, -0.15) is 13.2 Å². The van der Waals surface area contributed by atoms with Crippen molar-refractivity contribution in [2.75, 3.05) is 0 Å². The van der Waals surface area contributed by atoms with Crippen LogP contribution in [0.15, 0.2) is 23.1 Å². The molecule has 0 aliphatic rings. The molecule has 82 valence electrons. The van der Waals surface area contributed by atoms with Crippen LogP contribution in [0.2, 0.25) is 0 Å². The molecule has 0 saturated carbocycles. The third-order valence-electron chi connectivity index (χ3n) is 1.55. The van der Waals surface area contributed by atoms with E-state index in [0.29, 0.717) is 0 Å². The lowest BCUT2D eigenvalue weighted by Gasteiger charge is -2.09. The molecule has 0 spiro atoms. The highest BCUT2D eigenvalue weighted by molar-refractivity contribution is 8.00. The quantitative estimate of drug-likeness (QED) is 0.444. The van der Waals surface area contributed by atoms with Gasteiger partial charge in [-0.25, -0.2) is 4.39 Å². The van der Waals surface area contributed by atoms with Gasteiger partial charge in [0.25, 0.3) is 0 Å². The van der Waals surface area contributed by atoms with Crippen LogP contribution in [0.1, 0.15) is 17.3 Å². The second kappa shape index (κ2) is 4.22. The molecular weight excluding hydrogens is 232 g/mol. The smallest absolute Gasteiger partial charge is 0.294 e. The van der Waals surface area contributed by atoms with Crippen LogP contribution in [0.5, 0.6) is 0 Å². The predicted molar refractivity (Wildman–Crippen MR) is 48.3 cm³/mol. The molecule has 0 heterocycles. The minimum Gasteiger partial charge on any atom is -0.294 e. The third-order valence-corrected chi connectivity index (χ3v) is 2.34. The largest absolute Gasteiger partial charge is 0.446 e. The van der Waals surface area contributed by atoms with Gasteiger partial charge in [0, 0.05) is 4.90 Å². The van der Waals surface area contributed by atoms with Crippen molar-refractivity contribution in [2.24, 2.45) is 0 Å². The first-order valence-corrected chi connectivity index (χ1v) is 4.68. The summed E-state index contributed by atoms with van der Waals surface area (Å²) in [6.45, 7) is 1.03. The van der Waals surface area contributed by atoms with Gasteiger partial charge in [-0.1, -0.05) is 6.07 Å². The highest BCUT2D eigenvalue weighted by Gasteiger charge is 2.31. The van der Waals surface area contributed by atoms with E-state index in [-0.39, 0.29) is 0 Å². The molecule has 0 aromatic heterocycles. The molecule has 6 heteroatoms. The maximum atomic E-state index is 13.1. The van der Waals surface area contributed by atoms with E-state index in [9.17, 15) is 22.4 Å². The van der Waals surface area contributed by atoms with Crippen molar-refractivity contribution >= 4 is 17.5 Å². The summed E-state index contributed by atoms with van der Waals surface area (Å²) in [7, 11) is 0. The Labute approximate surface area is 87.5 Å². The Morgan fingerprint density at radius 3 is 2.40 bits per heavy atom. The third kappa shape index (κ3) is 3.23. The second-order valence-corrected chi connectivity index (χ2v) is 3.82. The standard InChI is InChI=1S/C9H6F4OS/c1-5(14)8-6(10)3-2-4-7(8)15-9(11,12)13/h2-4H,1H3. The number of rotatable bonds is 2. The summed E-state index contributed by atoms with van der Waals surface area (Å²) in [5.74, 6) is -1.66. The van der Waals surface area contributed by atoms with Gasteiger partial charge < -0.3 is 0 Å². The number of alkyl halides is 3. The van der Waals surface area contributed by atoms with E-state index in [0.717, 1.165) is 25.1 Å². The number of Topliss-reactive ketones (excluding diaryl/α,β-unsaturated/α-hetero) is 1. The Morgan fingerprint density at radius 2 is 1.93 bits per heavy atom. The number of carbonyl (C=O) groups excluding carboxylic acids is 1. The van der Waals surface area contributed by atoms with Crippen LogP contribution in [-0.2, 0) is 0 Å². The predicted octanol–water partition coefficient (Wildman–Crippen LogP) is 3.64. The van der Waals surface area contributed by atoms with Gasteiger partial charge >= 0.3 is 5.51 Å². The first kappa shape index (κ1) is 12.0. The molecule has 1 aromatic carbocycles. The van der Waals surface area contributed by atoms with Crippen molar-refractivity contribution in [1.82, 2.24) is 0 Å². The van der Waals surface area contributed by atoms with Crippen LogP contribution in [0.25, 0.3) is 0 Å². The van der Waals surface area contributed by atoms with Crippen molar-refractivity contribution in [2.45, 2.75) is 17.3 Å². The maximum Gasteiger partial charge on any atom is 0.446 e. The topological polar surface area (TPSA) is 17.1 Å². The van der Waals surface area contributed by atoms with E-state index < -0.39 is 39.3 Å². The number of carbonyl (C=O) groups is 1. The summed E-state index contributed by atoms with van der Waals surface area (Å²) < 4.78 is 49.2. The molecular formula is C9H6F4OS. The zero-order chi connectivity index (χ0) is 11.6. The lowest BCUT2D eigenvalue weighted by Crippen LogP contribution is -2.05. The minimum absolute atomic E-state index is 0.407. The lowest BCUT2D eigenvalue weighted by atomic mass is 10.1. The highest BCUT2D eigenvalue weighted by Crippen LogP contribution is 2.39. The van der Waals surface area contributed by atoms with Gasteiger partial charge in [-0.3, -0.25) is 4.79 Å². The Balaban J connectivity index is 3.18. The Morgan fingerprint density at radius 1 is 1.33 bits per heavy atom. The molecule has 0 atom stereocenters. The number of ketones is 1. The van der Waals surface area contributed by atoms with Crippen molar-refractivity contribution in [3.8, 4) is 0 Å². The average molecular weight is 238 g/mol. The summed E-state index contributed by atoms with van der Waals surface area (Å²) in [4.78, 5) is 10.5. The molecule has 0 radical (unpaired) electrons. The fraction of sp³-hybridized carbons (Fsp3) is 0.222. The highest BCUT2D eigenvalue weighted by atomic mass is 32.2. The van der Waals surface area contributed by atoms with Crippen LogP contribution >= 0.6 is 11.8 Å². The Hall–Kier alpha value is -1.04. The number of hydrogen-bond acceptors (Lipinski definition) is 2. The fourth-order valence-electron chi connectivity index (χ4n) is 1.06. The van der Waals surface area contributed by atoms with Crippen molar-refractivity contribution < 1.29 is 22.4 Å². The van der Waals surface area contributed by atoms with Gasteiger partial charge in [0.1, 0.15) is 5.82 Å². The molecule has 15 heavy (non-hydrogen) atoms. The van der Waals surface area contributed by atoms with Gasteiger partial charge in [0.05, 0.1) is 5.56 Å². The minimum atomic E-state index is -4.53. The molecule has 0 aliphatic carbocycles. The summed E-state index contributed by atoms with van der Waals surface area (Å²) >= 11 is -0.491. The Bertz CT molecular complexity index is 386. The van der Waals surface area contributed by atoms with Gasteiger partial charge in [0.2, 0.25) is 0 Å². The first-order chi connectivity index (χ1) is 6.81. The molecule has 0 bridgehead atoms. The molecule has 0 amide bonds. The van der Waals surface area contributed by atoms with Crippen molar-refractivity contribution in [3.63, 3.8) is 0 Å². The first-order valence-electron chi connectivity index (χ1n) is 3.86. The van der Waals surface area contributed by atoms with Crippen molar-refractivity contribution in [3.05, 3.63) is 29.6 Å². The summed E-state index contributed by atoms with van der Waals surface area (Å²) in [6.07, 6.45) is 0. The molecule has 0 aliphatic heterocycles. The monoisotopic (exact) mass is 238 g/mol. The van der Waals surface area contributed by atoms with Crippen LogP contribution in [0.3, 0.4) is 0 Å². The van der Waals surface area contributed by atoms with E-state index in [2.05, 4.69) is 0 Å². The SMILES string of the molecule is CC(=O)c1c(F)cccc1SC(F)(F)F. The number of hydrogen-bond donors (Lipinski definition) is 0. The normalized spacial score (nSPS) is 11.5. The lowest BCUT2D eigenvalue weighted by molar-refractivity contribution is -0.0328.